The van der Waals surface area contributed by atoms with Crippen LogP contribution in [-0.2, 0) is 32.6 Å². The third-order valence-electron chi connectivity index (χ3n) is 6.91. The van der Waals surface area contributed by atoms with E-state index in [4.69, 9.17) is 4.52 Å². The van der Waals surface area contributed by atoms with Crippen LogP contribution in [0.4, 0.5) is 5.69 Å². The summed E-state index contributed by atoms with van der Waals surface area (Å²) in [6, 6.07) is 4.86. The number of carbonyl (C=O) groups excluding carboxylic acids is 2. The predicted molar refractivity (Wildman–Crippen MR) is 126 cm³/mol. The largest absolute Gasteiger partial charge is 0.361 e. The van der Waals surface area contributed by atoms with Crippen molar-refractivity contribution in [2.75, 3.05) is 11.9 Å². The van der Waals surface area contributed by atoms with Gasteiger partial charge in [0.15, 0.2) is 0 Å². The van der Waals surface area contributed by atoms with Gasteiger partial charge in [0.2, 0.25) is 21.8 Å². The summed E-state index contributed by atoms with van der Waals surface area (Å²) in [6.07, 6.45) is 4.86. The number of benzene rings is 1. The van der Waals surface area contributed by atoms with Crippen LogP contribution in [0.5, 0.6) is 0 Å². The van der Waals surface area contributed by atoms with Crippen molar-refractivity contribution in [1.82, 2.24) is 15.2 Å². The molecular formula is C24H32N4O5S. The molecule has 9 nitrogen and oxygen atoms in total. The summed E-state index contributed by atoms with van der Waals surface area (Å²) in [5.41, 5.74) is 3.23. The van der Waals surface area contributed by atoms with E-state index in [1.807, 2.05) is 13.8 Å². The fourth-order valence-electron chi connectivity index (χ4n) is 4.73. The average Bonchev–Trinajstić information content (AvgIpc) is 3.01. The molecule has 0 atom stereocenters. The van der Waals surface area contributed by atoms with Crippen LogP contribution in [-0.4, -0.2) is 31.9 Å². The van der Waals surface area contributed by atoms with Crippen molar-refractivity contribution in [2.24, 2.45) is 11.8 Å². The maximum atomic E-state index is 12.9. The summed E-state index contributed by atoms with van der Waals surface area (Å²) in [5.74, 6) is 0.833. The normalized spacial score (nSPS) is 20.8. The molecule has 0 saturated heterocycles. The van der Waals surface area contributed by atoms with Crippen molar-refractivity contribution in [3.05, 3.63) is 40.8 Å². The van der Waals surface area contributed by atoms with Crippen LogP contribution < -0.4 is 15.4 Å². The minimum absolute atomic E-state index is 0.0242. The monoisotopic (exact) mass is 488 g/mol. The van der Waals surface area contributed by atoms with Crippen LogP contribution in [0.25, 0.3) is 0 Å². The number of nitrogens with zero attached hydrogens (tertiary/aromatic N) is 1. The molecule has 2 amide bonds. The van der Waals surface area contributed by atoms with Crippen molar-refractivity contribution in [3.8, 4) is 0 Å². The molecule has 2 aliphatic rings. The third kappa shape index (κ3) is 5.67. The number of hydrogen-bond acceptors (Lipinski definition) is 6. The second-order valence-electron chi connectivity index (χ2n) is 9.31. The molecule has 1 aliphatic carbocycles. The van der Waals surface area contributed by atoms with Gasteiger partial charge in [0.1, 0.15) is 5.76 Å². The average molecular weight is 489 g/mol. The zero-order chi connectivity index (χ0) is 24.3. The van der Waals surface area contributed by atoms with Crippen LogP contribution in [0.15, 0.2) is 27.6 Å². The van der Waals surface area contributed by atoms with Gasteiger partial charge in [-0.05, 0) is 82.1 Å². The molecular weight excluding hydrogens is 456 g/mol. The highest BCUT2D eigenvalue weighted by atomic mass is 32.2. The maximum absolute atomic E-state index is 12.9. The number of aromatic nitrogens is 1. The van der Waals surface area contributed by atoms with E-state index in [2.05, 4.69) is 20.5 Å². The Bertz CT molecular complexity index is 1150. The Hall–Kier alpha value is -2.72. The molecule has 184 valence electrons. The quantitative estimate of drug-likeness (QED) is 0.549. The molecule has 0 spiro atoms. The Morgan fingerprint density at radius 3 is 2.65 bits per heavy atom. The predicted octanol–water partition coefficient (Wildman–Crippen LogP) is 2.97. The van der Waals surface area contributed by atoms with Gasteiger partial charge in [-0.15, -0.1) is 0 Å². The number of nitrogens with one attached hydrogen (secondary N) is 3. The van der Waals surface area contributed by atoms with Crippen LogP contribution in [0.1, 0.15) is 61.1 Å². The topological polar surface area (TPSA) is 130 Å². The lowest BCUT2D eigenvalue weighted by atomic mass is 9.81. The zero-order valence-corrected chi connectivity index (χ0v) is 20.5. The second-order valence-corrected chi connectivity index (χ2v) is 11.1. The van der Waals surface area contributed by atoms with Gasteiger partial charge < -0.3 is 15.2 Å². The Balaban J connectivity index is 1.26. The van der Waals surface area contributed by atoms with E-state index < -0.39 is 10.0 Å². The molecule has 0 unspecified atom stereocenters. The zero-order valence-electron chi connectivity index (χ0n) is 19.6. The van der Waals surface area contributed by atoms with Crippen molar-refractivity contribution in [3.63, 3.8) is 0 Å². The van der Waals surface area contributed by atoms with Gasteiger partial charge in [-0.2, -0.15) is 0 Å². The van der Waals surface area contributed by atoms with E-state index in [9.17, 15) is 18.0 Å². The van der Waals surface area contributed by atoms with E-state index >= 15 is 0 Å². The maximum Gasteiger partial charge on any atom is 0.240 e. The first-order chi connectivity index (χ1) is 16.2. The van der Waals surface area contributed by atoms with E-state index in [0.29, 0.717) is 43.8 Å². The van der Waals surface area contributed by atoms with Crippen LogP contribution >= 0.6 is 0 Å². The molecule has 4 rings (SSSR count). The molecule has 0 radical (unpaired) electrons. The summed E-state index contributed by atoms with van der Waals surface area (Å²) in [7, 11) is -3.65. The molecule has 1 aromatic heterocycles. The van der Waals surface area contributed by atoms with E-state index in [1.165, 1.54) is 6.07 Å². The van der Waals surface area contributed by atoms with E-state index in [-0.39, 0.29) is 28.5 Å². The molecule has 34 heavy (non-hydrogen) atoms. The van der Waals surface area contributed by atoms with Gasteiger partial charge in [0.25, 0.3) is 0 Å². The highest BCUT2D eigenvalue weighted by Gasteiger charge is 2.28. The lowest BCUT2D eigenvalue weighted by Crippen LogP contribution is -2.36. The van der Waals surface area contributed by atoms with Crippen LogP contribution in [0, 0.1) is 25.7 Å². The molecule has 2 heterocycles. The number of carbonyl (C=O) groups is 2. The van der Waals surface area contributed by atoms with Crippen molar-refractivity contribution >= 4 is 27.5 Å². The highest BCUT2D eigenvalue weighted by molar-refractivity contribution is 7.89. The summed E-state index contributed by atoms with van der Waals surface area (Å²) in [6.45, 7) is 4.44. The van der Waals surface area contributed by atoms with Gasteiger partial charge in [-0.3, -0.25) is 9.59 Å². The molecule has 10 heteroatoms. The number of rotatable bonds is 7. The highest BCUT2D eigenvalue weighted by Crippen LogP contribution is 2.30. The van der Waals surface area contributed by atoms with Gasteiger partial charge in [-0.25, -0.2) is 13.1 Å². The SMILES string of the molecule is Cc1noc(C)c1CNC(=O)C1CCC(CNS(=O)(=O)c2ccc3c(c2)CCCC(=O)N3)CC1. The second kappa shape index (κ2) is 10.3. The van der Waals surface area contributed by atoms with Gasteiger partial charge >= 0.3 is 0 Å². The first kappa shape index (κ1) is 24.4. The Morgan fingerprint density at radius 1 is 1.18 bits per heavy atom. The first-order valence-electron chi connectivity index (χ1n) is 11.8. The van der Waals surface area contributed by atoms with E-state index in [1.54, 1.807) is 12.1 Å². The fourth-order valence-corrected chi connectivity index (χ4v) is 5.90. The lowest BCUT2D eigenvalue weighted by Gasteiger charge is -2.28. The van der Waals surface area contributed by atoms with Crippen LogP contribution in [0.3, 0.4) is 0 Å². The fraction of sp³-hybridized carbons (Fsp3) is 0.542. The molecule has 1 fully saturated rings. The number of sulfonamides is 1. The van der Waals surface area contributed by atoms with Gasteiger partial charge in [0.05, 0.1) is 10.6 Å². The summed E-state index contributed by atoms with van der Waals surface area (Å²) < 4.78 is 33.6. The number of hydrogen-bond donors (Lipinski definition) is 3. The van der Waals surface area contributed by atoms with Crippen LogP contribution in [0.2, 0.25) is 0 Å². The third-order valence-corrected chi connectivity index (χ3v) is 8.33. The summed E-state index contributed by atoms with van der Waals surface area (Å²) in [5, 5.41) is 9.72. The molecule has 1 saturated carbocycles. The molecule has 3 N–H and O–H groups in total. The van der Waals surface area contributed by atoms with Crippen molar-refractivity contribution < 1.29 is 22.5 Å². The number of aryl methyl sites for hydroxylation is 3. The Morgan fingerprint density at radius 2 is 1.94 bits per heavy atom. The summed E-state index contributed by atoms with van der Waals surface area (Å²) in [4.78, 5) is 24.5. The van der Waals surface area contributed by atoms with Crippen molar-refractivity contribution in [2.45, 2.75) is 70.2 Å². The number of amides is 2. The van der Waals surface area contributed by atoms with Gasteiger partial charge in [-0.1, -0.05) is 5.16 Å². The molecule has 1 aliphatic heterocycles. The molecule has 0 bridgehead atoms. The molecule has 1 aromatic carbocycles. The lowest BCUT2D eigenvalue weighted by molar-refractivity contribution is -0.126. The number of fused-ring (bicyclic) bond motifs is 1. The Kier molecular flexibility index (Phi) is 7.37. The Labute approximate surface area is 200 Å². The standard InChI is InChI=1S/C24H32N4O5S/c1-15-21(16(2)33-28-15)14-25-24(30)18-8-6-17(7-9-18)13-26-34(31,32)20-10-11-22-19(12-20)4-3-5-23(29)27-22/h10-12,17-18,26H,3-9,13-14H2,1-2H3,(H,25,30)(H,27,29). The molecule has 2 aromatic rings. The number of anilines is 1. The minimum Gasteiger partial charge on any atom is -0.361 e. The smallest absolute Gasteiger partial charge is 0.240 e. The van der Waals surface area contributed by atoms with E-state index in [0.717, 1.165) is 42.5 Å². The first-order valence-corrected chi connectivity index (χ1v) is 13.3. The minimum atomic E-state index is -3.65. The van der Waals surface area contributed by atoms with Gasteiger partial charge in [0, 0.05) is 36.7 Å². The summed E-state index contributed by atoms with van der Waals surface area (Å²) >= 11 is 0. The van der Waals surface area contributed by atoms with Crippen molar-refractivity contribution in [1.29, 1.82) is 0 Å².